The molecule has 48 heavy (non-hydrogen) atoms. The SMILES string of the molecule is CCOP(=O)(CCCCn1c(-c2cccc(-c3nc4ccccc4n3CCCCP(=O)(OCC)OCC)n2)nc2ccccc21)OCC. The summed E-state index contributed by atoms with van der Waals surface area (Å²) in [4.78, 5) is 15.1. The fourth-order valence-corrected chi connectivity index (χ4v) is 9.41. The number of hydrogen-bond donors (Lipinski definition) is 0. The molecule has 0 fully saturated rings. The van der Waals surface area contributed by atoms with Crippen LogP contribution in [0.5, 0.6) is 0 Å². The van der Waals surface area contributed by atoms with Crippen molar-refractivity contribution < 1.29 is 27.2 Å². The van der Waals surface area contributed by atoms with Gasteiger partial charge in [0.15, 0.2) is 11.6 Å². The molecule has 0 aliphatic heterocycles. The van der Waals surface area contributed by atoms with Gasteiger partial charge >= 0.3 is 15.2 Å². The lowest BCUT2D eigenvalue weighted by Gasteiger charge is -2.17. The maximum atomic E-state index is 13.0. The second-order valence-corrected chi connectivity index (χ2v) is 15.7. The average Bonchev–Trinajstić information content (AvgIpc) is 3.64. The average molecular weight is 696 g/mol. The highest BCUT2D eigenvalue weighted by atomic mass is 31.2. The first-order valence-corrected chi connectivity index (χ1v) is 20.4. The van der Waals surface area contributed by atoms with Crippen molar-refractivity contribution in [1.82, 2.24) is 24.1 Å². The van der Waals surface area contributed by atoms with Gasteiger partial charge in [0, 0.05) is 13.1 Å². The van der Waals surface area contributed by atoms with E-state index in [0.29, 0.717) is 64.7 Å². The Kier molecular flexibility index (Phi) is 12.8. The summed E-state index contributed by atoms with van der Waals surface area (Å²) in [6, 6.07) is 22.1. The van der Waals surface area contributed by atoms with Crippen LogP contribution in [-0.4, -0.2) is 62.8 Å². The summed E-state index contributed by atoms with van der Waals surface area (Å²) in [7, 11) is -6.20. The van der Waals surface area contributed by atoms with Crippen LogP contribution in [0.25, 0.3) is 45.1 Å². The lowest BCUT2D eigenvalue weighted by molar-refractivity contribution is 0.218. The van der Waals surface area contributed by atoms with E-state index in [9.17, 15) is 9.13 Å². The summed E-state index contributed by atoms with van der Waals surface area (Å²) in [5, 5.41) is 0. The fraction of sp³-hybridized carbons (Fsp3) is 0.457. The first-order chi connectivity index (χ1) is 23.3. The number of fused-ring (bicyclic) bond motifs is 2. The molecule has 0 saturated carbocycles. The van der Waals surface area contributed by atoms with Gasteiger partial charge in [-0.2, -0.15) is 0 Å². The number of hydrogen-bond acceptors (Lipinski definition) is 9. The van der Waals surface area contributed by atoms with E-state index >= 15 is 0 Å². The molecule has 0 radical (unpaired) electrons. The van der Waals surface area contributed by atoms with Crippen molar-refractivity contribution in [2.24, 2.45) is 0 Å². The molecule has 0 atom stereocenters. The molecule has 13 heteroatoms. The van der Waals surface area contributed by atoms with E-state index in [2.05, 4.69) is 21.3 Å². The largest absolute Gasteiger partial charge is 0.330 e. The van der Waals surface area contributed by atoms with Crippen molar-refractivity contribution in [3.8, 4) is 23.0 Å². The predicted molar refractivity (Wildman–Crippen MR) is 192 cm³/mol. The van der Waals surface area contributed by atoms with Gasteiger partial charge in [-0.15, -0.1) is 0 Å². The van der Waals surface area contributed by atoms with E-state index in [-0.39, 0.29) is 0 Å². The minimum absolute atomic E-state index is 0.354. The summed E-state index contributed by atoms with van der Waals surface area (Å²) in [6.45, 7) is 10.1. The summed E-state index contributed by atoms with van der Waals surface area (Å²) < 4.78 is 52.4. The first-order valence-electron chi connectivity index (χ1n) is 17.0. The van der Waals surface area contributed by atoms with Gasteiger partial charge in [0.05, 0.1) is 60.8 Å². The normalized spacial score (nSPS) is 12.4. The molecule has 0 aliphatic rings. The van der Waals surface area contributed by atoms with E-state index in [1.54, 1.807) is 0 Å². The molecule has 0 unspecified atom stereocenters. The zero-order valence-electron chi connectivity index (χ0n) is 28.4. The van der Waals surface area contributed by atoms with Crippen molar-refractivity contribution in [2.75, 3.05) is 38.8 Å². The van der Waals surface area contributed by atoms with Crippen LogP contribution in [0.15, 0.2) is 66.7 Å². The zero-order chi connectivity index (χ0) is 34.0. The number of pyridine rings is 1. The lowest BCUT2D eigenvalue weighted by atomic mass is 10.2. The Bertz CT molecular complexity index is 1740. The Morgan fingerprint density at radius 3 is 1.31 bits per heavy atom. The maximum absolute atomic E-state index is 13.0. The summed E-state index contributed by atoms with van der Waals surface area (Å²) in [6.07, 6.45) is 3.65. The Morgan fingerprint density at radius 2 is 0.917 bits per heavy atom. The number of benzene rings is 2. The highest BCUT2D eigenvalue weighted by Gasteiger charge is 2.24. The van der Waals surface area contributed by atoms with Gasteiger partial charge in [-0.25, -0.2) is 15.0 Å². The van der Waals surface area contributed by atoms with E-state index in [4.69, 9.17) is 33.0 Å². The molecule has 11 nitrogen and oxygen atoms in total. The Morgan fingerprint density at radius 1 is 0.521 bits per heavy atom. The van der Waals surface area contributed by atoms with Gasteiger partial charge in [-0.1, -0.05) is 30.3 Å². The molecule has 0 amide bonds. The molecule has 0 N–H and O–H groups in total. The number of nitrogens with zero attached hydrogens (tertiary/aromatic N) is 5. The van der Waals surface area contributed by atoms with Crippen molar-refractivity contribution in [3.05, 3.63) is 66.7 Å². The van der Waals surface area contributed by atoms with Gasteiger partial charge in [-0.05, 0) is 89.8 Å². The molecule has 258 valence electrons. The smallest absolute Gasteiger partial charge is 0.323 e. The van der Waals surface area contributed by atoms with E-state index in [0.717, 1.165) is 57.9 Å². The second kappa shape index (κ2) is 17.0. The molecular formula is C35H47N5O6P2. The molecule has 3 heterocycles. The maximum Gasteiger partial charge on any atom is 0.330 e. The van der Waals surface area contributed by atoms with Gasteiger partial charge in [0.1, 0.15) is 11.4 Å². The molecule has 5 rings (SSSR count). The summed E-state index contributed by atoms with van der Waals surface area (Å²) in [5.41, 5.74) is 5.29. The fourth-order valence-electron chi connectivity index (χ4n) is 5.95. The van der Waals surface area contributed by atoms with Crippen LogP contribution in [0.4, 0.5) is 0 Å². The summed E-state index contributed by atoms with van der Waals surface area (Å²) >= 11 is 0. The van der Waals surface area contributed by atoms with Crippen molar-refractivity contribution >= 4 is 37.3 Å². The van der Waals surface area contributed by atoms with Crippen LogP contribution in [-0.2, 0) is 40.3 Å². The van der Waals surface area contributed by atoms with Crippen molar-refractivity contribution in [3.63, 3.8) is 0 Å². The molecule has 0 aliphatic carbocycles. The van der Waals surface area contributed by atoms with Gasteiger partial charge in [-0.3, -0.25) is 9.13 Å². The van der Waals surface area contributed by atoms with E-state index < -0.39 is 15.2 Å². The zero-order valence-corrected chi connectivity index (χ0v) is 30.2. The Labute approximate surface area is 283 Å². The van der Waals surface area contributed by atoms with Gasteiger partial charge in [0.2, 0.25) is 0 Å². The Balaban J connectivity index is 1.41. The third-order valence-corrected chi connectivity index (χ3v) is 12.3. The number of imidazole rings is 2. The van der Waals surface area contributed by atoms with Crippen molar-refractivity contribution in [2.45, 2.75) is 66.5 Å². The highest BCUT2D eigenvalue weighted by molar-refractivity contribution is 7.54. The van der Waals surface area contributed by atoms with Crippen LogP contribution in [0.1, 0.15) is 53.4 Å². The number of para-hydroxylation sites is 4. The number of aromatic nitrogens is 5. The molecule has 0 spiro atoms. The molecule has 5 aromatic rings. The minimum Gasteiger partial charge on any atom is -0.323 e. The minimum atomic E-state index is -3.10. The molecule has 0 saturated heterocycles. The third kappa shape index (κ3) is 8.70. The lowest BCUT2D eigenvalue weighted by Crippen LogP contribution is -2.06. The van der Waals surface area contributed by atoms with Gasteiger partial charge < -0.3 is 27.2 Å². The van der Waals surface area contributed by atoms with Crippen LogP contribution in [0.3, 0.4) is 0 Å². The highest BCUT2D eigenvalue weighted by Crippen LogP contribution is 2.49. The number of unbranched alkanes of at least 4 members (excludes halogenated alkanes) is 2. The topological polar surface area (TPSA) is 120 Å². The molecule has 2 aromatic carbocycles. The van der Waals surface area contributed by atoms with E-state index in [1.807, 2.05) is 82.3 Å². The Hall–Kier alpha value is -3.17. The van der Waals surface area contributed by atoms with Crippen LogP contribution < -0.4 is 0 Å². The van der Waals surface area contributed by atoms with Crippen LogP contribution in [0, 0.1) is 0 Å². The molecule has 3 aromatic heterocycles. The summed E-state index contributed by atoms with van der Waals surface area (Å²) in [5.74, 6) is 1.53. The third-order valence-electron chi connectivity index (χ3n) is 7.95. The monoisotopic (exact) mass is 695 g/mol. The van der Waals surface area contributed by atoms with Gasteiger partial charge in [0.25, 0.3) is 0 Å². The van der Waals surface area contributed by atoms with Crippen molar-refractivity contribution in [1.29, 1.82) is 0 Å². The molecule has 0 bridgehead atoms. The quantitative estimate of drug-likeness (QED) is 0.0580. The number of aryl methyl sites for hydroxylation is 2. The van der Waals surface area contributed by atoms with Crippen LogP contribution >= 0.6 is 15.2 Å². The van der Waals surface area contributed by atoms with E-state index in [1.165, 1.54) is 0 Å². The predicted octanol–water partition coefficient (Wildman–Crippen LogP) is 9.21. The van der Waals surface area contributed by atoms with Crippen LogP contribution in [0.2, 0.25) is 0 Å². The number of rotatable bonds is 20. The standard InChI is InChI=1S/C35H47N5O6P2/c1-5-43-47(41,44-6-2)26-15-13-24-39-32-22-11-9-18-28(32)37-34(39)30-20-17-21-31(36-30)35-38-29-19-10-12-23-33(29)40(35)25-14-16-27-48(42,45-7-3)46-8-4/h9-12,17-23H,5-8,13-16,24-27H2,1-4H3. The second-order valence-electron chi connectivity index (χ2n) is 11.3. The first kappa shape index (κ1) is 36.1. The molecular weight excluding hydrogens is 648 g/mol.